The van der Waals surface area contributed by atoms with Crippen LogP contribution in [0.4, 0.5) is 5.82 Å². The average molecular weight is 277 g/mol. The van der Waals surface area contributed by atoms with Gasteiger partial charge in [-0.25, -0.2) is 4.98 Å². The number of hydrogen-bond acceptors (Lipinski definition) is 4. The fraction of sp³-hybridized carbons (Fsp3) is 0.643. The summed E-state index contributed by atoms with van der Waals surface area (Å²) in [6, 6.07) is 0.366. The van der Waals surface area contributed by atoms with Crippen molar-refractivity contribution in [2.45, 2.75) is 51.6 Å². The summed E-state index contributed by atoms with van der Waals surface area (Å²) < 4.78 is 1.71. The maximum Gasteiger partial charge on any atom is 0.293 e. The first-order valence-corrected chi connectivity index (χ1v) is 6.98. The van der Waals surface area contributed by atoms with Gasteiger partial charge >= 0.3 is 0 Å². The molecule has 0 atom stereocenters. The van der Waals surface area contributed by atoms with Crippen LogP contribution in [0, 0.1) is 5.41 Å². The van der Waals surface area contributed by atoms with E-state index in [1.807, 2.05) is 25.7 Å². The molecule has 1 heterocycles. The highest BCUT2D eigenvalue weighted by Crippen LogP contribution is 2.29. The maximum atomic E-state index is 12.6. The van der Waals surface area contributed by atoms with Crippen LogP contribution in [0.25, 0.3) is 0 Å². The number of hydrogen-bond donors (Lipinski definition) is 2. The molecule has 3 N–H and O–H groups in total. The second-order valence-electron chi connectivity index (χ2n) is 6.30. The molecule has 0 aliphatic heterocycles. The third-order valence-electron chi connectivity index (χ3n) is 3.43. The first-order chi connectivity index (χ1) is 9.30. The van der Waals surface area contributed by atoms with Crippen LogP contribution in [0.3, 0.4) is 0 Å². The van der Waals surface area contributed by atoms with Gasteiger partial charge < -0.3 is 15.2 Å². The Labute approximate surface area is 119 Å². The van der Waals surface area contributed by atoms with E-state index in [4.69, 9.17) is 11.1 Å². The van der Waals surface area contributed by atoms with Crippen LogP contribution in [-0.2, 0) is 5.54 Å². The number of anilines is 1. The fourth-order valence-electron chi connectivity index (χ4n) is 2.22. The molecule has 1 aliphatic rings. The zero-order chi connectivity index (χ0) is 14.9. The highest BCUT2D eigenvalue weighted by molar-refractivity contribution is 5.77. The molecule has 0 saturated heterocycles. The van der Waals surface area contributed by atoms with E-state index in [1.54, 1.807) is 17.0 Å². The number of amidine groups is 1. The van der Waals surface area contributed by atoms with E-state index in [0.717, 1.165) is 12.8 Å². The molecule has 1 aromatic rings. The molecule has 110 valence electrons. The zero-order valence-corrected chi connectivity index (χ0v) is 12.4. The number of nitrogens with two attached hydrogens (primary N) is 1. The van der Waals surface area contributed by atoms with Gasteiger partial charge in [-0.2, -0.15) is 0 Å². The Morgan fingerprint density at radius 2 is 2.20 bits per heavy atom. The van der Waals surface area contributed by atoms with Gasteiger partial charge in [0.05, 0.1) is 5.84 Å². The van der Waals surface area contributed by atoms with Crippen LogP contribution in [0.2, 0.25) is 0 Å². The van der Waals surface area contributed by atoms with Gasteiger partial charge in [-0.3, -0.25) is 10.2 Å². The minimum atomic E-state index is -0.273. The van der Waals surface area contributed by atoms with Crippen molar-refractivity contribution < 1.29 is 0 Å². The van der Waals surface area contributed by atoms with E-state index in [2.05, 4.69) is 4.98 Å². The van der Waals surface area contributed by atoms with Gasteiger partial charge in [0.2, 0.25) is 0 Å². The standard InChI is InChI=1S/C14H23N5O/c1-14(2,3)19-9-7-17-12(13(19)20)18(10-4-5-10)8-6-11(15)16/h7,9-10H,4-6,8H2,1-3H3,(H3,15,16). The molecule has 0 unspecified atom stereocenters. The quantitative estimate of drug-likeness (QED) is 0.627. The summed E-state index contributed by atoms with van der Waals surface area (Å²) in [6.07, 6.45) is 6.00. The predicted octanol–water partition coefficient (Wildman–Crippen LogP) is 1.29. The second-order valence-corrected chi connectivity index (χ2v) is 6.30. The summed E-state index contributed by atoms with van der Waals surface area (Å²) in [7, 11) is 0. The normalized spacial score (nSPS) is 15.2. The van der Waals surface area contributed by atoms with Crippen molar-refractivity contribution in [1.82, 2.24) is 9.55 Å². The molecule has 1 aliphatic carbocycles. The van der Waals surface area contributed by atoms with Crippen molar-refractivity contribution in [3.63, 3.8) is 0 Å². The minimum absolute atomic E-state index is 0.0737. The fourth-order valence-corrected chi connectivity index (χ4v) is 2.22. The van der Waals surface area contributed by atoms with Gasteiger partial charge in [0.1, 0.15) is 0 Å². The molecule has 0 aromatic carbocycles. The van der Waals surface area contributed by atoms with Gasteiger partial charge in [-0.1, -0.05) is 0 Å². The Hall–Kier alpha value is -1.85. The monoisotopic (exact) mass is 277 g/mol. The summed E-state index contributed by atoms with van der Waals surface area (Å²) in [5.41, 5.74) is 5.08. The van der Waals surface area contributed by atoms with E-state index >= 15 is 0 Å². The SMILES string of the molecule is CC(C)(C)n1ccnc(N(CCC(=N)N)C2CC2)c1=O. The number of rotatable bonds is 5. The van der Waals surface area contributed by atoms with E-state index in [1.165, 1.54) is 0 Å². The van der Waals surface area contributed by atoms with Gasteiger partial charge in [0.25, 0.3) is 5.56 Å². The zero-order valence-electron chi connectivity index (χ0n) is 12.4. The highest BCUT2D eigenvalue weighted by Gasteiger charge is 2.32. The third kappa shape index (κ3) is 3.18. The Morgan fingerprint density at radius 3 is 2.70 bits per heavy atom. The van der Waals surface area contributed by atoms with Crippen molar-refractivity contribution in [1.29, 1.82) is 5.41 Å². The molecular weight excluding hydrogens is 254 g/mol. The van der Waals surface area contributed by atoms with E-state index < -0.39 is 0 Å². The van der Waals surface area contributed by atoms with Crippen LogP contribution in [0.15, 0.2) is 17.2 Å². The molecule has 0 amide bonds. The van der Waals surface area contributed by atoms with Crippen molar-refractivity contribution in [3.8, 4) is 0 Å². The first kappa shape index (κ1) is 14.6. The minimum Gasteiger partial charge on any atom is -0.388 e. The van der Waals surface area contributed by atoms with E-state index in [9.17, 15) is 4.79 Å². The number of nitrogens with one attached hydrogen (secondary N) is 1. The Morgan fingerprint density at radius 1 is 1.55 bits per heavy atom. The second kappa shape index (κ2) is 5.26. The lowest BCUT2D eigenvalue weighted by atomic mass is 10.1. The van der Waals surface area contributed by atoms with Crippen molar-refractivity contribution in [2.24, 2.45) is 5.73 Å². The summed E-state index contributed by atoms with van der Waals surface area (Å²) in [4.78, 5) is 18.9. The molecule has 2 rings (SSSR count). The van der Waals surface area contributed by atoms with Crippen molar-refractivity contribution in [2.75, 3.05) is 11.4 Å². The van der Waals surface area contributed by atoms with Gasteiger partial charge in [-0.05, 0) is 33.6 Å². The number of aromatic nitrogens is 2. The Kier molecular flexibility index (Phi) is 3.83. The number of nitrogens with zero attached hydrogens (tertiary/aromatic N) is 3. The summed E-state index contributed by atoms with van der Waals surface area (Å²) in [6.45, 7) is 6.57. The summed E-state index contributed by atoms with van der Waals surface area (Å²) in [5.74, 6) is 0.619. The third-order valence-corrected chi connectivity index (χ3v) is 3.43. The van der Waals surface area contributed by atoms with Gasteiger partial charge in [0, 0.05) is 36.9 Å². The Bertz CT molecular complexity index is 553. The molecule has 6 heteroatoms. The van der Waals surface area contributed by atoms with E-state index in [-0.39, 0.29) is 16.9 Å². The van der Waals surface area contributed by atoms with Crippen LogP contribution >= 0.6 is 0 Å². The lowest BCUT2D eigenvalue weighted by Crippen LogP contribution is -2.40. The molecule has 0 bridgehead atoms. The topological polar surface area (TPSA) is 88.0 Å². The van der Waals surface area contributed by atoms with Crippen molar-refractivity contribution >= 4 is 11.7 Å². The van der Waals surface area contributed by atoms with Crippen LogP contribution in [-0.4, -0.2) is 28.0 Å². The summed E-state index contributed by atoms with van der Waals surface area (Å²) >= 11 is 0. The van der Waals surface area contributed by atoms with Crippen LogP contribution in [0.5, 0.6) is 0 Å². The van der Waals surface area contributed by atoms with Gasteiger partial charge in [0.15, 0.2) is 5.82 Å². The van der Waals surface area contributed by atoms with Crippen molar-refractivity contribution in [3.05, 3.63) is 22.7 Å². The molecule has 1 aromatic heterocycles. The molecule has 0 radical (unpaired) electrons. The lowest BCUT2D eigenvalue weighted by Gasteiger charge is -2.27. The first-order valence-electron chi connectivity index (χ1n) is 6.98. The maximum absolute atomic E-state index is 12.6. The molecule has 6 nitrogen and oxygen atoms in total. The highest BCUT2D eigenvalue weighted by atomic mass is 16.1. The van der Waals surface area contributed by atoms with Crippen LogP contribution < -0.4 is 16.2 Å². The molecular formula is C14H23N5O. The average Bonchev–Trinajstić information content (AvgIpc) is 3.13. The smallest absolute Gasteiger partial charge is 0.293 e. The Balaban J connectivity index is 2.34. The largest absolute Gasteiger partial charge is 0.388 e. The molecule has 1 fully saturated rings. The molecule has 1 saturated carbocycles. The predicted molar refractivity (Wildman–Crippen MR) is 80.4 cm³/mol. The van der Waals surface area contributed by atoms with E-state index in [0.29, 0.717) is 24.8 Å². The molecule has 20 heavy (non-hydrogen) atoms. The summed E-state index contributed by atoms with van der Waals surface area (Å²) in [5, 5.41) is 7.35. The van der Waals surface area contributed by atoms with Crippen LogP contribution in [0.1, 0.15) is 40.0 Å². The lowest BCUT2D eigenvalue weighted by molar-refractivity contribution is 0.382. The molecule has 0 spiro atoms. The van der Waals surface area contributed by atoms with Gasteiger partial charge in [-0.15, -0.1) is 0 Å².